The summed E-state index contributed by atoms with van der Waals surface area (Å²) in [5.41, 5.74) is 1.77. The monoisotopic (exact) mass is 518 g/mol. The summed E-state index contributed by atoms with van der Waals surface area (Å²) < 4.78 is 29.2. The van der Waals surface area contributed by atoms with Gasteiger partial charge in [0, 0.05) is 11.3 Å². The lowest BCUT2D eigenvalue weighted by atomic mass is 10.1. The fourth-order valence-corrected chi connectivity index (χ4v) is 5.76. The second-order valence-corrected chi connectivity index (χ2v) is 10.8. The van der Waals surface area contributed by atoms with Crippen molar-refractivity contribution in [3.63, 3.8) is 0 Å². The number of nitrogens with one attached hydrogen (secondary N) is 1. The lowest BCUT2D eigenvalue weighted by Gasteiger charge is -2.12. The van der Waals surface area contributed by atoms with Crippen molar-refractivity contribution in [2.24, 2.45) is 0 Å². The fourth-order valence-electron chi connectivity index (χ4n) is 3.20. The second kappa shape index (κ2) is 9.94. The number of aliphatic carboxylic acids is 1. The van der Waals surface area contributed by atoms with Crippen molar-refractivity contribution in [3.05, 3.63) is 83.1 Å². The number of halogens is 1. The first-order valence-corrected chi connectivity index (χ1v) is 12.7. The Morgan fingerprint density at radius 2 is 1.91 bits per heavy atom. The first-order valence-electron chi connectivity index (χ1n) is 9.99. The molecule has 0 bridgehead atoms. The van der Waals surface area contributed by atoms with Crippen molar-refractivity contribution in [3.8, 4) is 16.2 Å². The van der Waals surface area contributed by atoms with Crippen LogP contribution < -0.4 is 4.72 Å². The van der Waals surface area contributed by atoms with Crippen molar-refractivity contribution < 1.29 is 23.4 Å². The molecule has 4 aromatic rings. The molecule has 0 amide bonds. The third kappa shape index (κ3) is 5.45. The van der Waals surface area contributed by atoms with E-state index in [2.05, 4.69) is 15.0 Å². The molecule has 1 atom stereocenters. The quantitative estimate of drug-likeness (QED) is 0.307. The molecule has 2 heterocycles. The largest absolute Gasteiger partial charge is 0.506 e. The van der Waals surface area contributed by atoms with Crippen LogP contribution in [0.2, 0.25) is 5.02 Å². The van der Waals surface area contributed by atoms with Gasteiger partial charge in [0.1, 0.15) is 9.96 Å². The number of phenolic OH excluding ortho intramolecular Hbond substituents is 1. The maximum atomic E-state index is 12.7. The zero-order chi connectivity index (χ0) is 24.3. The van der Waals surface area contributed by atoms with Crippen molar-refractivity contribution >= 4 is 38.9 Å². The molecule has 0 spiro atoms. The summed E-state index contributed by atoms with van der Waals surface area (Å²) in [6.07, 6.45) is 1.43. The number of carbonyl (C=O) groups is 1. The Hall–Kier alpha value is -3.25. The Morgan fingerprint density at radius 3 is 2.62 bits per heavy atom. The Labute approximate surface area is 204 Å². The normalized spacial score (nSPS) is 12.5. The Morgan fingerprint density at radius 1 is 1.15 bits per heavy atom. The van der Waals surface area contributed by atoms with Crippen molar-refractivity contribution in [2.45, 2.75) is 23.2 Å². The zero-order valence-electron chi connectivity index (χ0n) is 17.5. The third-order valence-corrected chi connectivity index (χ3v) is 8.28. The van der Waals surface area contributed by atoms with Crippen LogP contribution in [0.5, 0.6) is 5.75 Å². The summed E-state index contributed by atoms with van der Waals surface area (Å²) in [5.74, 6) is -1.25. The number of aromatic hydroxyl groups is 1. The molecule has 3 N–H and O–H groups in total. The zero-order valence-corrected chi connectivity index (χ0v) is 19.9. The van der Waals surface area contributed by atoms with Gasteiger partial charge in [-0.1, -0.05) is 53.2 Å². The lowest BCUT2D eigenvalue weighted by molar-refractivity contribution is -0.141. The Balaban J connectivity index is 1.45. The average Bonchev–Trinajstić information content (AvgIpc) is 3.49. The molecule has 0 aliphatic heterocycles. The van der Waals surface area contributed by atoms with Crippen LogP contribution in [0.4, 0.5) is 0 Å². The summed E-state index contributed by atoms with van der Waals surface area (Å²) in [6.45, 7) is -0.154. The third-order valence-electron chi connectivity index (χ3n) is 4.95. The summed E-state index contributed by atoms with van der Waals surface area (Å²) in [7, 11) is -3.79. The number of hydrogen-bond acceptors (Lipinski definition) is 7. The van der Waals surface area contributed by atoms with Gasteiger partial charge in [0.15, 0.2) is 6.04 Å². The van der Waals surface area contributed by atoms with Crippen LogP contribution in [0, 0.1) is 0 Å². The van der Waals surface area contributed by atoms with E-state index in [0.717, 1.165) is 26.5 Å². The highest BCUT2D eigenvalue weighted by molar-refractivity contribution is 7.91. The van der Waals surface area contributed by atoms with Crippen LogP contribution in [-0.2, 0) is 27.8 Å². The molecule has 0 aliphatic carbocycles. The van der Waals surface area contributed by atoms with Crippen molar-refractivity contribution in [1.82, 2.24) is 19.7 Å². The highest BCUT2D eigenvalue weighted by Crippen LogP contribution is 2.30. The first-order chi connectivity index (χ1) is 16.2. The maximum Gasteiger partial charge on any atom is 0.328 e. The summed E-state index contributed by atoms with van der Waals surface area (Å²) in [6, 6.07) is 16.1. The van der Waals surface area contributed by atoms with E-state index in [1.54, 1.807) is 12.1 Å². The minimum absolute atomic E-state index is 0.0430. The van der Waals surface area contributed by atoms with E-state index in [1.807, 2.05) is 30.3 Å². The van der Waals surface area contributed by atoms with Gasteiger partial charge in [-0.15, -0.1) is 16.4 Å². The average molecular weight is 519 g/mol. The van der Waals surface area contributed by atoms with E-state index < -0.39 is 22.0 Å². The molecule has 0 radical (unpaired) electrons. The number of phenols is 1. The first kappa shape index (κ1) is 23.9. The van der Waals surface area contributed by atoms with Crippen LogP contribution >= 0.6 is 22.9 Å². The van der Waals surface area contributed by atoms with Crippen LogP contribution in [0.15, 0.2) is 71.1 Å². The number of aromatic nitrogens is 3. The SMILES string of the molecule is O=C(O)[C@H](Cc1ccc(O)c(Cl)c1)n1cc(CNS(=O)(=O)c2ccc(-c3ccccc3)s2)nn1. The highest BCUT2D eigenvalue weighted by Gasteiger charge is 2.23. The number of sulfonamides is 1. The van der Waals surface area contributed by atoms with Gasteiger partial charge in [0.25, 0.3) is 0 Å². The van der Waals surface area contributed by atoms with E-state index in [0.29, 0.717) is 5.56 Å². The fraction of sp³-hybridized carbons (Fsp3) is 0.136. The molecule has 34 heavy (non-hydrogen) atoms. The minimum atomic E-state index is -3.79. The molecular formula is C22H19ClN4O5S2. The molecule has 2 aromatic carbocycles. The molecule has 2 aromatic heterocycles. The predicted molar refractivity (Wildman–Crippen MR) is 127 cm³/mol. The minimum Gasteiger partial charge on any atom is -0.506 e. The van der Waals surface area contributed by atoms with Crippen LogP contribution in [0.25, 0.3) is 10.4 Å². The smallest absolute Gasteiger partial charge is 0.328 e. The molecule has 0 saturated carbocycles. The highest BCUT2D eigenvalue weighted by atomic mass is 35.5. The van der Waals surface area contributed by atoms with E-state index >= 15 is 0 Å². The second-order valence-electron chi connectivity index (χ2n) is 7.34. The van der Waals surface area contributed by atoms with Gasteiger partial charge in [-0.2, -0.15) is 0 Å². The van der Waals surface area contributed by atoms with E-state index in [-0.39, 0.29) is 33.6 Å². The van der Waals surface area contributed by atoms with E-state index in [4.69, 9.17) is 11.6 Å². The van der Waals surface area contributed by atoms with Crippen LogP contribution in [-0.4, -0.2) is 39.6 Å². The summed E-state index contributed by atoms with van der Waals surface area (Å²) >= 11 is 7.05. The van der Waals surface area contributed by atoms with E-state index in [1.165, 1.54) is 24.4 Å². The molecule has 0 aliphatic rings. The number of rotatable bonds is 9. The number of nitrogens with zero attached hydrogens (tertiary/aromatic N) is 3. The van der Waals surface area contributed by atoms with E-state index in [9.17, 15) is 23.4 Å². The van der Waals surface area contributed by atoms with Crippen LogP contribution in [0.3, 0.4) is 0 Å². The standard InChI is InChI=1S/C22H19ClN4O5S2/c23-17-10-14(6-7-19(17)28)11-18(22(29)30)27-13-16(25-26-27)12-24-34(31,32)21-9-8-20(33-21)15-4-2-1-3-5-15/h1-10,13,18,24,28H,11-12H2,(H,29,30)/t18-/m0/s1. The number of carboxylic acids is 1. The molecule has 176 valence electrons. The van der Waals surface area contributed by atoms with Gasteiger partial charge in [-0.3, -0.25) is 0 Å². The van der Waals surface area contributed by atoms with Crippen molar-refractivity contribution in [1.29, 1.82) is 0 Å². The Kier molecular flexibility index (Phi) is 6.98. The van der Waals surface area contributed by atoms with Gasteiger partial charge in [-0.05, 0) is 35.4 Å². The molecule has 9 nitrogen and oxygen atoms in total. The number of thiophene rings is 1. The number of carboxylic acid groups (broad SMARTS) is 1. The Bertz CT molecular complexity index is 1420. The molecular weight excluding hydrogens is 500 g/mol. The molecule has 0 unspecified atom stereocenters. The molecule has 0 saturated heterocycles. The topological polar surface area (TPSA) is 134 Å². The molecule has 4 rings (SSSR count). The molecule has 0 fully saturated rings. The summed E-state index contributed by atoms with van der Waals surface area (Å²) in [4.78, 5) is 12.6. The number of hydrogen-bond donors (Lipinski definition) is 3. The predicted octanol–water partition coefficient (Wildman–Crippen LogP) is 3.71. The lowest BCUT2D eigenvalue weighted by Crippen LogP contribution is -2.23. The van der Waals surface area contributed by atoms with Crippen molar-refractivity contribution in [2.75, 3.05) is 0 Å². The molecule has 12 heteroatoms. The van der Waals surface area contributed by atoms with Gasteiger partial charge in [0.2, 0.25) is 10.0 Å². The van der Waals surface area contributed by atoms with Crippen LogP contribution in [0.1, 0.15) is 17.3 Å². The maximum absolute atomic E-state index is 12.7. The number of benzene rings is 2. The van der Waals surface area contributed by atoms with Gasteiger partial charge < -0.3 is 10.2 Å². The van der Waals surface area contributed by atoms with Gasteiger partial charge in [0.05, 0.1) is 23.5 Å². The van der Waals surface area contributed by atoms with Gasteiger partial charge in [-0.25, -0.2) is 22.6 Å². The summed E-state index contributed by atoms with van der Waals surface area (Å²) in [5, 5.41) is 27.1. The van der Waals surface area contributed by atoms with Gasteiger partial charge >= 0.3 is 5.97 Å².